The number of hydrogen-bond donors (Lipinski definition) is 1. The molecule has 0 saturated heterocycles. The van der Waals surface area contributed by atoms with Crippen LogP contribution in [0.2, 0.25) is 0 Å². The van der Waals surface area contributed by atoms with Gasteiger partial charge in [0, 0.05) is 26.2 Å². The van der Waals surface area contributed by atoms with Crippen LogP contribution in [0, 0.1) is 10.1 Å². The molecular weight excluding hydrogens is 308 g/mol. The minimum Gasteiger partial charge on any atom is -0.379 e. The summed E-state index contributed by atoms with van der Waals surface area (Å²) in [5.74, 6) is -0.683. The highest BCUT2D eigenvalue weighted by atomic mass is 16.7. The third-order valence-corrected chi connectivity index (χ3v) is 2.68. The molecule has 120 valence electrons. The lowest BCUT2D eigenvalue weighted by atomic mass is 10.2. The van der Waals surface area contributed by atoms with Crippen molar-refractivity contribution < 1.29 is 19.2 Å². The fourth-order valence-electron chi connectivity index (χ4n) is 1.54. The highest BCUT2D eigenvalue weighted by molar-refractivity contribution is 6.00. The molecule has 2 N–H and O–H groups in total. The van der Waals surface area contributed by atoms with Crippen molar-refractivity contribution in [2.24, 2.45) is 5.16 Å². The number of nitro groups is 1. The average Bonchev–Trinajstić information content (AvgIpc) is 2.93. The van der Waals surface area contributed by atoms with E-state index in [1.54, 1.807) is 14.1 Å². The molecule has 0 unspecified atom stereocenters. The second kappa shape index (κ2) is 6.51. The molecule has 11 nitrogen and oxygen atoms in total. The third kappa shape index (κ3) is 3.58. The Kier molecular flexibility index (Phi) is 4.50. The molecule has 0 aliphatic carbocycles. The number of nitrogen functional groups attached to an aromatic ring is 1. The van der Waals surface area contributed by atoms with E-state index in [2.05, 4.69) is 20.1 Å². The van der Waals surface area contributed by atoms with E-state index in [0.717, 1.165) is 0 Å². The molecule has 0 atom stereocenters. The van der Waals surface area contributed by atoms with Crippen LogP contribution in [-0.2, 0) is 4.84 Å². The largest absolute Gasteiger partial charge is 0.379 e. The molecule has 0 aliphatic heterocycles. The van der Waals surface area contributed by atoms with E-state index in [1.165, 1.54) is 29.2 Å². The van der Waals surface area contributed by atoms with Gasteiger partial charge in [-0.3, -0.25) is 10.1 Å². The normalized spacial score (nSPS) is 11.1. The van der Waals surface area contributed by atoms with Gasteiger partial charge in [0.2, 0.25) is 5.84 Å². The van der Waals surface area contributed by atoms with Gasteiger partial charge in [-0.2, -0.15) is 0 Å². The number of nitrogens with two attached hydrogens (primary N) is 1. The first-order valence-corrected chi connectivity index (χ1v) is 6.19. The summed E-state index contributed by atoms with van der Waals surface area (Å²) in [7, 11) is 3.26. The smallest absolute Gasteiger partial charge is 0.365 e. The van der Waals surface area contributed by atoms with Crippen LogP contribution in [-0.4, -0.2) is 46.0 Å². The number of aromatic nitrogens is 2. The number of anilines is 1. The molecule has 2 rings (SSSR count). The molecule has 0 fully saturated rings. The predicted molar refractivity (Wildman–Crippen MR) is 77.4 cm³/mol. The van der Waals surface area contributed by atoms with E-state index in [-0.39, 0.29) is 28.6 Å². The van der Waals surface area contributed by atoms with Crippen molar-refractivity contribution in [1.29, 1.82) is 0 Å². The summed E-state index contributed by atoms with van der Waals surface area (Å²) in [5, 5.41) is 21.2. The Bertz CT molecular complexity index is 752. The van der Waals surface area contributed by atoms with E-state index in [4.69, 9.17) is 10.6 Å². The summed E-state index contributed by atoms with van der Waals surface area (Å²) in [6, 6.07) is 4.90. The number of carbonyl (C=O) groups excluding carboxylic acids is 1. The number of rotatable bonds is 4. The molecule has 0 amide bonds. The Morgan fingerprint density at radius 2 is 2.00 bits per heavy atom. The first-order chi connectivity index (χ1) is 10.9. The zero-order valence-electron chi connectivity index (χ0n) is 12.2. The van der Waals surface area contributed by atoms with Crippen LogP contribution in [0.3, 0.4) is 0 Å². The van der Waals surface area contributed by atoms with Crippen LogP contribution in [0.1, 0.15) is 16.1 Å². The van der Waals surface area contributed by atoms with Crippen molar-refractivity contribution in [2.75, 3.05) is 19.8 Å². The van der Waals surface area contributed by atoms with Gasteiger partial charge in [0.1, 0.15) is 0 Å². The molecule has 1 aromatic heterocycles. The number of nitro benzene ring substituents is 1. The van der Waals surface area contributed by atoms with Crippen LogP contribution in [0.15, 0.2) is 34.1 Å². The number of carbonyl (C=O) groups is 1. The number of non-ortho nitro benzene ring substituents is 1. The Morgan fingerprint density at radius 3 is 2.48 bits per heavy atom. The maximum atomic E-state index is 11.9. The molecule has 23 heavy (non-hydrogen) atoms. The molecule has 2 aromatic rings. The molecule has 1 heterocycles. The maximum absolute atomic E-state index is 11.9. The molecule has 0 radical (unpaired) electrons. The molecule has 0 spiro atoms. The monoisotopic (exact) mass is 320 g/mol. The van der Waals surface area contributed by atoms with Crippen LogP contribution in [0.4, 0.5) is 11.5 Å². The number of oxime groups is 1. The Labute approximate surface area is 129 Å². The van der Waals surface area contributed by atoms with Gasteiger partial charge in [0.25, 0.3) is 5.69 Å². The summed E-state index contributed by atoms with van der Waals surface area (Å²) in [5.41, 5.74) is 5.64. The zero-order valence-corrected chi connectivity index (χ0v) is 12.2. The summed E-state index contributed by atoms with van der Waals surface area (Å²) < 4.78 is 4.47. The average molecular weight is 320 g/mol. The van der Waals surface area contributed by atoms with E-state index in [0.29, 0.717) is 0 Å². The lowest BCUT2D eigenvalue weighted by Gasteiger charge is -2.11. The van der Waals surface area contributed by atoms with Gasteiger partial charge in [-0.05, 0) is 22.4 Å². The molecule has 0 bridgehead atoms. The molecular formula is C12H12N6O5. The van der Waals surface area contributed by atoms with Crippen molar-refractivity contribution >= 4 is 23.3 Å². The van der Waals surface area contributed by atoms with Crippen LogP contribution in [0.5, 0.6) is 0 Å². The van der Waals surface area contributed by atoms with Crippen molar-refractivity contribution in [3.63, 3.8) is 0 Å². The van der Waals surface area contributed by atoms with E-state index < -0.39 is 10.9 Å². The molecule has 0 saturated carbocycles. The van der Waals surface area contributed by atoms with Crippen molar-refractivity contribution in [2.45, 2.75) is 0 Å². The lowest BCUT2D eigenvalue weighted by Crippen LogP contribution is -2.25. The Morgan fingerprint density at radius 1 is 1.35 bits per heavy atom. The van der Waals surface area contributed by atoms with Gasteiger partial charge in [0.05, 0.1) is 10.5 Å². The van der Waals surface area contributed by atoms with Crippen LogP contribution in [0.25, 0.3) is 0 Å². The highest BCUT2D eigenvalue weighted by Crippen LogP contribution is 2.13. The number of benzene rings is 1. The fraction of sp³-hybridized carbons (Fsp3) is 0.167. The van der Waals surface area contributed by atoms with Gasteiger partial charge in [-0.1, -0.05) is 5.16 Å². The minimum absolute atomic E-state index is 0.0103. The van der Waals surface area contributed by atoms with Crippen LogP contribution >= 0.6 is 0 Å². The Hall–Kier alpha value is -3.50. The van der Waals surface area contributed by atoms with Gasteiger partial charge in [0.15, 0.2) is 11.5 Å². The molecule has 0 aliphatic rings. The van der Waals surface area contributed by atoms with Crippen molar-refractivity contribution in [3.05, 3.63) is 45.6 Å². The molecule has 11 heteroatoms. The standard InChI is InChI=1S/C12H12N6O5/c1-17(2)11(9-10(13)15-23-14-9)16-22-12(19)7-3-5-8(6-4-7)18(20)21/h3-6H,1-2H3,(H2,13,15)/b16-11-. The van der Waals surface area contributed by atoms with Crippen molar-refractivity contribution in [3.8, 4) is 0 Å². The second-order valence-electron chi connectivity index (χ2n) is 4.49. The summed E-state index contributed by atoms with van der Waals surface area (Å²) in [6.07, 6.45) is 0. The van der Waals surface area contributed by atoms with Gasteiger partial charge < -0.3 is 15.5 Å². The van der Waals surface area contributed by atoms with Crippen LogP contribution < -0.4 is 5.73 Å². The quantitative estimate of drug-likeness (QED) is 0.281. The van der Waals surface area contributed by atoms with E-state index in [9.17, 15) is 14.9 Å². The highest BCUT2D eigenvalue weighted by Gasteiger charge is 2.18. The first kappa shape index (κ1) is 15.9. The number of nitrogens with zero attached hydrogens (tertiary/aromatic N) is 5. The predicted octanol–water partition coefficient (Wildman–Crippen LogP) is 0.640. The summed E-state index contributed by atoms with van der Waals surface area (Å²) in [4.78, 5) is 28.2. The molecule has 1 aromatic carbocycles. The SMILES string of the molecule is CN(C)/C(=N\OC(=O)c1ccc([N+](=O)[O-])cc1)c1nonc1N. The van der Waals surface area contributed by atoms with E-state index >= 15 is 0 Å². The first-order valence-electron chi connectivity index (χ1n) is 6.19. The van der Waals surface area contributed by atoms with Gasteiger partial charge in [-0.25, -0.2) is 9.42 Å². The van der Waals surface area contributed by atoms with Crippen molar-refractivity contribution in [1.82, 2.24) is 15.2 Å². The van der Waals surface area contributed by atoms with E-state index in [1.807, 2.05) is 0 Å². The summed E-state index contributed by atoms with van der Waals surface area (Å²) in [6.45, 7) is 0. The van der Waals surface area contributed by atoms with Gasteiger partial charge in [-0.15, -0.1) is 0 Å². The minimum atomic E-state index is -0.797. The third-order valence-electron chi connectivity index (χ3n) is 2.68. The fourth-order valence-corrected chi connectivity index (χ4v) is 1.54. The summed E-state index contributed by atoms with van der Waals surface area (Å²) >= 11 is 0. The zero-order chi connectivity index (χ0) is 17.0. The Balaban J connectivity index is 2.18. The second-order valence-corrected chi connectivity index (χ2v) is 4.49. The lowest BCUT2D eigenvalue weighted by molar-refractivity contribution is -0.384. The number of amidine groups is 1. The maximum Gasteiger partial charge on any atom is 0.365 e. The number of hydrogen-bond acceptors (Lipinski definition) is 9. The topological polar surface area (TPSA) is 150 Å². The van der Waals surface area contributed by atoms with Gasteiger partial charge >= 0.3 is 5.97 Å².